The van der Waals surface area contributed by atoms with Crippen LogP contribution in [0.4, 0.5) is 11.4 Å². The first-order chi connectivity index (χ1) is 16.4. The number of ether oxygens (including phenoxy) is 1. The zero-order chi connectivity index (χ0) is 24.2. The molecule has 0 unspecified atom stereocenters. The van der Waals surface area contributed by atoms with Crippen LogP contribution in [0.25, 0.3) is 0 Å². The fourth-order valence-corrected chi connectivity index (χ4v) is 4.75. The minimum Gasteiger partial charge on any atom is -0.496 e. The van der Waals surface area contributed by atoms with E-state index in [1.165, 1.54) is 19.2 Å². The second-order valence-electron chi connectivity index (χ2n) is 8.50. The number of benzene rings is 2. The van der Waals surface area contributed by atoms with Crippen LogP contribution in [0.5, 0.6) is 5.75 Å². The second kappa shape index (κ2) is 10.3. The van der Waals surface area contributed by atoms with Gasteiger partial charge in [-0.15, -0.1) is 0 Å². The van der Waals surface area contributed by atoms with Crippen LogP contribution in [0.2, 0.25) is 5.02 Å². The number of rotatable bonds is 5. The van der Waals surface area contributed by atoms with E-state index in [4.69, 9.17) is 16.3 Å². The Kier molecular flexibility index (Phi) is 7.21. The molecule has 0 atom stereocenters. The number of nitro groups is 1. The summed E-state index contributed by atoms with van der Waals surface area (Å²) >= 11 is 6.07. The van der Waals surface area contributed by atoms with Gasteiger partial charge in [0, 0.05) is 68.0 Å². The zero-order valence-electron chi connectivity index (χ0n) is 19.0. The molecule has 34 heavy (non-hydrogen) atoms. The van der Waals surface area contributed by atoms with Gasteiger partial charge in [0.25, 0.3) is 11.6 Å². The standard InChI is InChI=1S/C24H27ClN4O5/c1-34-22-7-2-18(25)16-21(22)24(31)27-10-8-17(9-11-27)23(30)28-14-12-26(13-15-28)19-3-5-20(6-4-19)29(32)33/h2-7,16-17H,8-15H2,1H3. The lowest BCUT2D eigenvalue weighted by molar-refractivity contribution is -0.384. The summed E-state index contributed by atoms with van der Waals surface area (Å²) in [6.45, 7) is 3.58. The number of nitrogens with zero attached hydrogens (tertiary/aromatic N) is 4. The van der Waals surface area contributed by atoms with Gasteiger partial charge in [0.15, 0.2) is 0 Å². The number of carbonyl (C=O) groups excluding carboxylic acids is 2. The number of anilines is 1. The highest BCUT2D eigenvalue weighted by Gasteiger charge is 2.32. The van der Waals surface area contributed by atoms with Crippen LogP contribution in [0, 0.1) is 16.0 Å². The first-order valence-electron chi connectivity index (χ1n) is 11.3. The number of likely N-dealkylation sites (tertiary alicyclic amines) is 1. The molecular weight excluding hydrogens is 460 g/mol. The topological polar surface area (TPSA) is 96.2 Å². The molecule has 0 N–H and O–H groups in total. The van der Waals surface area contributed by atoms with Crippen LogP contribution >= 0.6 is 11.6 Å². The third-order valence-electron chi connectivity index (χ3n) is 6.54. The maximum absolute atomic E-state index is 13.1. The third kappa shape index (κ3) is 5.09. The summed E-state index contributed by atoms with van der Waals surface area (Å²) in [5.74, 6) is 0.382. The molecule has 2 aromatic rings. The molecule has 2 saturated heterocycles. The fraction of sp³-hybridized carbons (Fsp3) is 0.417. The van der Waals surface area contributed by atoms with Crippen molar-refractivity contribution in [3.63, 3.8) is 0 Å². The summed E-state index contributed by atoms with van der Waals surface area (Å²) < 4.78 is 5.31. The monoisotopic (exact) mass is 486 g/mol. The first-order valence-corrected chi connectivity index (χ1v) is 11.7. The van der Waals surface area contributed by atoms with Gasteiger partial charge in [-0.1, -0.05) is 11.6 Å². The molecule has 0 radical (unpaired) electrons. The highest BCUT2D eigenvalue weighted by atomic mass is 35.5. The largest absolute Gasteiger partial charge is 0.496 e. The number of hydrogen-bond donors (Lipinski definition) is 0. The molecule has 0 aromatic heterocycles. The van der Waals surface area contributed by atoms with Crippen molar-refractivity contribution in [3.05, 3.63) is 63.2 Å². The lowest BCUT2D eigenvalue weighted by Crippen LogP contribution is -2.52. The van der Waals surface area contributed by atoms with E-state index < -0.39 is 4.92 Å². The van der Waals surface area contributed by atoms with Gasteiger partial charge in [0.05, 0.1) is 17.6 Å². The van der Waals surface area contributed by atoms with E-state index in [0.29, 0.717) is 68.4 Å². The summed E-state index contributed by atoms with van der Waals surface area (Å²) in [5.41, 5.74) is 1.42. The molecule has 2 aliphatic rings. The van der Waals surface area contributed by atoms with Crippen LogP contribution < -0.4 is 9.64 Å². The lowest BCUT2D eigenvalue weighted by Gasteiger charge is -2.39. The first kappa shape index (κ1) is 23.8. The van der Waals surface area contributed by atoms with Crippen molar-refractivity contribution in [2.45, 2.75) is 12.8 Å². The van der Waals surface area contributed by atoms with Gasteiger partial charge >= 0.3 is 0 Å². The summed E-state index contributed by atoms with van der Waals surface area (Å²) in [6.07, 6.45) is 1.24. The van der Waals surface area contributed by atoms with E-state index in [-0.39, 0.29) is 23.4 Å². The molecule has 0 saturated carbocycles. The molecule has 4 rings (SSSR count). The van der Waals surface area contributed by atoms with Gasteiger partial charge in [0.1, 0.15) is 5.75 Å². The second-order valence-corrected chi connectivity index (χ2v) is 8.93. The van der Waals surface area contributed by atoms with Crippen molar-refractivity contribution >= 4 is 34.8 Å². The number of hydrogen-bond acceptors (Lipinski definition) is 6. The third-order valence-corrected chi connectivity index (χ3v) is 6.78. The molecule has 2 heterocycles. The molecule has 180 valence electrons. The molecule has 2 amide bonds. The summed E-state index contributed by atoms with van der Waals surface area (Å²) in [5, 5.41) is 11.3. The molecule has 10 heteroatoms. The Morgan fingerprint density at radius 1 is 0.971 bits per heavy atom. The van der Waals surface area contributed by atoms with Gasteiger partial charge in [-0.05, 0) is 43.2 Å². The van der Waals surface area contributed by atoms with Gasteiger partial charge in [-0.3, -0.25) is 19.7 Å². The van der Waals surface area contributed by atoms with Crippen molar-refractivity contribution in [2.75, 3.05) is 51.3 Å². The fourth-order valence-electron chi connectivity index (χ4n) is 4.58. The summed E-state index contributed by atoms with van der Waals surface area (Å²) in [6, 6.07) is 11.5. The highest BCUT2D eigenvalue weighted by molar-refractivity contribution is 6.31. The maximum Gasteiger partial charge on any atom is 0.269 e. The summed E-state index contributed by atoms with van der Waals surface area (Å²) in [7, 11) is 1.52. The van der Waals surface area contributed by atoms with Crippen LogP contribution in [0.3, 0.4) is 0 Å². The van der Waals surface area contributed by atoms with Crippen LogP contribution in [0.15, 0.2) is 42.5 Å². The van der Waals surface area contributed by atoms with Crippen molar-refractivity contribution in [1.82, 2.24) is 9.80 Å². The Hall–Kier alpha value is -3.33. The average molecular weight is 487 g/mol. The Balaban J connectivity index is 1.29. The van der Waals surface area contributed by atoms with Crippen molar-refractivity contribution in [3.8, 4) is 5.75 Å². The maximum atomic E-state index is 13.1. The van der Waals surface area contributed by atoms with Gasteiger partial charge in [-0.2, -0.15) is 0 Å². The van der Waals surface area contributed by atoms with E-state index in [1.807, 2.05) is 4.90 Å². The normalized spacial score (nSPS) is 16.9. The SMILES string of the molecule is COc1ccc(Cl)cc1C(=O)N1CCC(C(=O)N2CCN(c3ccc([N+](=O)[O-])cc3)CC2)CC1. The van der Waals surface area contributed by atoms with Gasteiger partial charge in [0.2, 0.25) is 5.91 Å². The molecule has 2 aliphatic heterocycles. The molecule has 2 aromatic carbocycles. The van der Waals surface area contributed by atoms with Crippen molar-refractivity contribution in [2.24, 2.45) is 5.92 Å². The van der Waals surface area contributed by atoms with Crippen LogP contribution in [-0.2, 0) is 4.79 Å². The number of piperidine rings is 1. The number of amides is 2. The predicted molar refractivity (Wildman–Crippen MR) is 129 cm³/mol. The Labute approximate surface area is 203 Å². The highest BCUT2D eigenvalue weighted by Crippen LogP contribution is 2.28. The lowest BCUT2D eigenvalue weighted by atomic mass is 9.94. The number of halogens is 1. The number of methoxy groups -OCH3 is 1. The zero-order valence-corrected chi connectivity index (χ0v) is 19.7. The van der Waals surface area contributed by atoms with E-state index in [2.05, 4.69) is 4.90 Å². The minimum atomic E-state index is -0.412. The van der Waals surface area contributed by atoms with Crippen molar-refractivity contribution in [1.29, 1.82) is 0 Å². The number of non-ortho nitro benzene ring substituents is 1. The quantitative estimate of drug-likeness (QED) is 0.474. The minimum absolute atomic E-state index is 0.0659. The molecule has 0 spiro atoms. The Morgan fingerprint density at radius 3 is 2.21 bits per heavy atom. The molecule has 9 nitrogen and oxygen atoms in total. The molecule has 2 fully saturated rings. The predicted octanol–water partition coefficient (Wildman–Crippen LogP) is 3.46. The van der Waals surface area contributed by atoms with Crippen LogP contribution in [-0.4, -0.2) is 72.9 Å². The van der Waals surface area contributed by atoms with Crippen LogP contribution in [0.1, 0.15) is 23.2 Å². The van der Waals surface area contributed by atoms with E-state index in [9.17, 15) is 19.7 Å². The van der Waals surface area contributed by atoms with Crippen molar-refractivity contribution < 1.29 is 19.2 Å². The van der Waals surface area contributed by atoms with E-state index in [1.54, 1.807) is 35.2 Å². The Bertz CT molecular complexity index is 1060. The number of nitro benzene ring substituents is 1. The smallest absolute Gasteiger partial charge is 0.269 e. The number of carbonyl (C=O) groups is 2. The Morgan fingerprint density at radius 2 is 1.62 bits per heavy atom. The number of piperazine rings is 1. The molecule has 0 aliphatic carbocycles. The van der Waals surface area contributed by atoms with Gasteiger partial charge in [-0.25, -0.2) is 0 Å². The summed E-state index contributed by atoms with van der Waals surface area (Å²) in [4.78, 5) is 42.3. The van der Waals surface area contributed by atoms with E-state index in [0.717, 1.165) is 5.69 Å². The van der Waals surface area contributed by atoms with Gasteiger partial charge < -0.3 is 19.4 Å². The molecular formula is C24H27ClN4O5. The molecule has 0 bridgehead atoms. The van der Waals surface area contributed by atoms with E-state index >= 15 is 0 Å². The average Bonchev–Trinajstić information content (AvgIpc) is 2.88.